The molecule has 2 amide bonds. The molecular weight excluding hydrogens is 500 g/mol. The third-order valence-electron chi connectivity index (χ3n) is 7.20. The molecule has 0 aliphatic carbocycles. The second-order valence-corrected chi connectivity index (χ2v) is 11.7. The zero-order valence-electron chi connectivity index (χ0n) is 22.7. The monoisotopic (exact) mass is 534 g/mol. The molecule has 200 valence electrons. The highest BCUT2D eigenvalue weighted by Gasteiger charge is 2.47. The lowest BCUT2D eigenvalue weighted by atomic mass is 10.0. The van der Waals surface area contributed by atoms with E-state index in [2.05, 4.69) is 0 Å². The molecule has 1 unspecified atom stereocenters. The van der Waals surface area contributed by atoms with E-state index in [1.165, 1.54) is 4.31 Å². The van der Waals surface area contributed by atoms with Crippen LogP contribution in [-0.4, -0.2) is 37.2 Å². The Labute approximate surface area is 225 Å². The van der Waals surface area contributed by atoms with Crippen molar-refractivity contribution in [2.45, 2.75) is 65.4 Å². The van der Waals surface area contributed by atoms with Gasteiger partial charge in [0.25, 0.3) is 5.91 Å². The Bertz CT molecular complexity index is 1450. The van der Waals surface area contributed by atoms with Crippen LogP contribution in [0.4, 0.5) is 5.69 Å². The quantitative estimate of drug-likeness (QED) is 0.373. The molecule has 0 saturated carbocycles. The number of imide groups is 1. The predicted octanol–water partition coefficient (Wildman–Crippen LogP) is 5.15. The normalized spacial score (nSPS) is 16.0. The topological polar surface area (TPSA) is 84.0 Å². The van der Waals surface area contributed by atoms with E-state index in [9.17, 15) is 18.0 Å². The summed E-state index contributed by atoms with van der Waals surface area (Å²) in [5.74, 6) is -0.382. The summed E-state index contributed by atoms with van der Waals surface area (Å²) < 4.78 is 35.4. The Balaban J connectivity index is 1.80. The minimum Gasteiger partial charge on any atom is -0.494 e. The molecule has 1 heterocycles. The molecule has 1 aliphatic heterocycles. The van der Waals surface area contributed by atoms with E-state index in [0.29, 0.717) is 29.2 Å². The van der Waals surface area contributed by atoms with Crippen LogP contribution in [0.2, 0.25) is 0 Å². The number of ether oxygens (including phenoxy) is 1. The van der Waals surface area contributed by atoms with Crippen LogP contribution in [0.5, 0.6) is 5.75 Å². The van der Waals surface area contributed by atoms with Crippen LogP contribution in [0.3, 0.4) is 0 Å². The number of carbonyl (C=O) groups excluding carboxylic acids is 2. The van der Waals surface area contributed by atoms with Crippen LogP contribution >= 0.6 is 0 Å². The van der Waals surface area contributed by atoms with Crippen LogP contribution in [0.15, 0.2) is 59.5 Å². The molecule has 1 atom stereocenters. The molecule has 38 heavy (non-hydrogen) atoms. The molecule has 8 heteroatoms. The molecule has 3 aromatic carbocycles. The van der Waals surface area contributed by atoms with Gasteiger partial charge in [-0.25, -0.2) is 13.3 Å². The number of rotatable bonds is 8. The molecule has 0 N–H and O–H groups in total. The van der Waals surface area contributed by atoms with E-state index < -0.39 is 27.9 Å². The summed E-state index contributed by atoms with van der Waals surface area (Å²) >= 11 is 0. The summed E-state index contributed by atoms with van der Waals surface area (Å²) in [5, 5.41) is 0. The lowest BCUT2D eigenvalue weighted by molar-refractivity contribution is -0.122. The molecule has 0 bridgehead atoms. The smallest absolute Gasteiger partial charge is 0.252 e. The van der Waals surface area contributed by atoms with Crippen molar-refractivity contribution in [3.63, 3.8) is 0 Å². The Morgan fingerprint density at radius 3 is 2.03 bits per heavy atom. The van der Waals surface area contributed by atoms with Crippen LogP contribution in [0.1, 0.15) is 46.7 Å². The maximum absolute atomic E-state index is 14.4. The average molecular weight is 535 g/mol. The second kappa shape index (κ2) is 10.7. The first-order chi connectivity index (χ1) is 17.9. The molecule has 1 saturated heterocycles. The van der Waals surface area contributed by atoms with Gasteiger partial charge in [-0.1, -0.05) is 35.9 Å². The van der Waals surface area contributed by atoms with Gasteiger partial charge >= 0.3 is 0 Å². The van der Waals surface area contributed by atoms with Crippen molar-refractivity contribution < 1.29 is 22.7 Å². The highest BCUT2D eigenvalue weighted by Crippen LogP contribution is 2.35. The number of benzene rings is 3. The highest BCUT2D eigenvalue weighted by atomic mass is 32.2. The van der Waals surface area contributed by atoms with Crippen molar-refractivity contribution >= 4 is 27.5 Å². The maximum Gasteiger partial charge on any atom is 0.252 e. The molecule has 3 aromatic rings. The number of hydrogen-bond acceptors (Lipinski definition) is 5. The summed E-state index contributed by atoms with van der Waals surface area (Å²) in [4.78, 5) is 28.2. The van der Waals surface area contributed by atoms with Crippen molar-refractivity contribution in [1.82, 2.24) is 4.31 Å². The van der Waals surface area contributed by atoms with E-state index in [-0.39, 0.29) is 17.9 Å². The molecule has 1 fully saturated rings. The average Bonchev–Trinajstić information content (AvgIpc) is 3.16. The molecule has 4 rings (SSSR count). The van der Waals surface area contributed by atoms with Gasteiger partial charge in [0.15, 0.2) is 0 Å². The Morgan fingerprint density at radius 2 is 1.47 bits per heavy atom. The minimum atomic E-state index is -4.16. The van der Waals surface area contributed by atoms with Crippen molar-refractivity contribution in [1.29, 1.82) is 0 Å². The first kappa shape index (κ1) is 27.5. The lowest BCUT2D eigenvalue weighted by Gasteiger charge is -2.29. The van der Waals surface area contributed by atoms with Gasteiger partial charge in [0.1, 0.15) is 11.8 Å². The van der Waals surface area contributed by atoms with E-state index in [1.54, 1.807) is 38.1 Å². The van der Waals surface area contributed by atoms with E-state index >= 15 is 0 Å². The highest BCUT2D eigenvalue weighted by molar-refractivity contribution is 7.89. The lowest BCUT2D eigenvalue weighted by Crippen LogP contribution is -2.45. The van der Waals surface area contributed by atoms with E-state index in [0.717, 1.165) is 27.2 Å². The summed E-state index contributed by atoms with van der Waals surface area (Å²) in [6.07, 6.45) is -0.236. The number of sulfonamides is 1. The van der Waals surface area contributed by atoms with E-state index in [4.69, 9.17) is 4.74 Å². The summed E-state index contributed by atoms with van der Waals surface area (Å²) in [5.41, 5.74) is 5.15. The second-order valence-electron chi connectivity index (χ2n) is 9.84. The fraction of sp³-hybridized carbons (Fsp3) is 0.333. The number of amides is 2. The molecule has 1 aliphatic rings. The predicted molar refractivity (Wildman–Crippen MR) is 148 cm³/mol. The Morgan fingerprint density at radius 1 is 0.895 bits per heavy atom. The van der Waals surface area contributed by atoms with Crippen LogP contribution in [0, 0.1) is 34.6 Å². The van der Waals surface area contributed by atoms with Gasteiger partial charge in [-0.15, -0.1) is 0 Å². The number of aryl methyl sites for hydroxylation is 3. The zero-order valence-corrected chi connectivity index (χ0v) is 23.6. The Kier molecular flexibility index (Phi) is 7.76. The number of anilines is 1. The van der Waals surface area contributed by atoms with Gasteiger partial charge in [0.2, 0.25) is 15.9 Å². The molecule has 0 aromatic heterocycles. The molecule has 0 radical (unpaired) electrons. The summed E-state index contributed by atoms with van der Waals surface area (Å²) in [6, 6.07) is 15.0. The zero-order chi connectivity index (χ0) is 27.8. The number of nitrogens with zero attached hydrogens (tertiary/aromatic N) is 2. The first-order valence-electron chi connectivity index (χ1n) is 12.7. The summed E-state index contributed by atoms with van der Waals surface area (Å²) in [6.45, 7) is 11.6. The van der Waals surface area contributed by atoms with E-state index in [1.807, 2.05) is 58.0 Å². The van der Waals surface area contributed by atoms with Gasteiger partial charge in [0, 0.05) is 6.54 Å². The Hall–Kier alpha value is -3.49. The third kappa shape index (κ3) is 5.11. The van der Waals surface area contributed by atoms with Gasteiger partial charge in [0.05, 0.1) is 23.6 Å². The van der Waals surface area contributed by atoms with Crippen molar-refractivity contribution in [2.75, 3.05) is 11.5 Å². The molecule has 7 nitrogen and oxygen atoms in total. The fourth-order valence-electron chi connectivity index (χ4n) is 4.89. The van der Waals surface area contributed by atoms with Gasteiger partial charge in [-0.2, -0.15) is 4.31 Å². The standard InChI is InChI=1S/C30H34N2O5S/c1-7-37-26-14-12-25(13-15-26)32-28(33)17-27(30(32)34)31(18-24-10-8-19(2)9-11-24)38(35,36)29-22(5)20(3)16-21(4)23(29)6/h8-16,27H,7,17-18H2,1-6H3. The van der Waals surface area contributed by atoms with Gasteiger partial charge in [-0.3, -0.25) is 9.59 Å². The molecular formula is C30H34N2O5S. The van der Waals surface area contributed by atoms with Crippen molar-refractivity contribution in [3.05, 3.63) is 88.0 Å². The van der Waals surface area contributed by atoms with Crippen molar-refractivity contribution in [2.24, 2.45) is 0 Å². The fourth-order valence-corrected chi connectivity index (χ4v) is 7.04. The van der Waals surface area contributed by atoms with Crippen LogP contribution in [0.25, 0.3) is 0 Å². The van der Waals surface area contributed by atoms with Crippen LogP contribution in [-0.2, 0) is 26.2 Å². The van der Waals surface area contributed by atoms with Crippen molar-refractivity contribution in [3.8, 4) is 5.75 Å². The number of hydrogen-bond donors (Lipinski definition) is 0. The van der Waals surface area contributed by atoms with Gasteiger partial charge < -0.3 is 4.74 Å². The third-order valence-corrected chi connectivity index (χ3v) is 9.33. The summed E-state index contributed by atoms with van der Waals surface area (Å²) in [7, 11) is -4.16. The minimum absolute atomic E-state index is 0.0325. The SMILES string of the molecule is CCOc1ccc(N2C(=O)CC(N(Cc3ccc(C)cc3)S(=O)(=O)c3c(C)c(C)cc(C)c3C)C2=O)cc1. The molecule has 0 spiro atoms. The van der Waals surface area contributed by atoms with Crippen LogP contribution < -0.4 is 9.64 Å². The number of carbonyl (C=O) groups is 2. The largest absolute Gasteiger partial charge is 0.494 e. The van der Waals surface area contributed by atoms with Gasteiger partial charge in [-0.05, 0) is 93.6 Å². The maximum atomic E-state index is 14.4. The first-order valence-corrected chi connectivity index (χ1v) is 14.1.